The van der Waals surface area contributed by atoms with Gasteiger partial charge in [0.05, 0.1) is 32.0 Å². The molecule has 2 fully saturated rings. The zero-order valence-corrected chi connectivity index (χ0v) is 55.0. The first-order chi connectivity index (χ1) is 42.6. The van der Waals surface area contributed by atoms with Gasteiger partial charge in [-0.15, -0.1) is 0 Å². The van der Waals surface area contributed by atoms with Crippen molar-refractivity contribution in [3.8, 4) is 0 Å². The van der Waals surface area contributed by atoms with Crippen molar-refractivity contribution in [2.45, 2.75) is 364 Å². The van der Waals surface area contributed by atoms with Crippen molar-refractivity contribution in [3.05, 3.63) is 72.9 Å². The summed E-state index contributed by atoms with van der Waals surface area (Å²) >= 11 is 0. The molecule has 2 rings (SSSR count). The number of aliphatic hydroxyl groups excluding tert-OH is 8. The number of amides is 1. The lowest BCUT2D eigenvalue weighted by Gasteiger charge is -2.46. The van der Waals surface area contributed by atoms with Gasteiger partial charge < -0.3 is 65.1 Å². The first-order valence-corrected chi connectivity index (χ1v) is 35.7. The van der Waals surface area contributed by atoms with Crippen molar-refractivity contribution in [1.82, 2.24) is 5.32 Å². The van der Waals surface area contributed by atoms with Crippen molar-refractivity contribution in [2.24, 2.45) is 0 Å². The fraction of sp³-hybridized carbons (Fsp3) is 0.822. The lowest BCUT2D eigenvalue weighted by molar-refractivity contribution is -0.359. The summed E-state index contributed by atoms with van der Waals surface area (Å²) in [5, 5.41) is 87.4. The molecule has 0 radical (unpaired) electrons. The van der Waals surface area contributed by atoms with Gasteiger partial charge in [-0.3, -0.25) is 4.79 Å². The highest BCUT2D eigenvalue weighted by atomic mass is 16.7. The van der Waals surface area contributed by atoms with Crippen molar-refractivity contribution in [3.63, 3.8) is 0 Å². The fourth-order valence-electron chi connectivity index (χ4n) is 11.4. The molecule has 0 saturated carbocycles. The molecular weight excluding hydrogens is 1100 g/mol. The van der Waals surface area contributed by atoms with Crippen molar-refractivity contribution < 1.29 is 64.6 Å². The van der Waals surface area contributed by atoms with E-state index in [0.717, 1.165) is 57.8 Å². The highest BCUT2D eigenvalue weighted by molar-refractivity contribution is 5.76. The van der Waals surface area contributed by atoms with Gasteiger partial charge in [-0.25, -0.2) is 0 Å². The van der Waals surface area contributed by atoms with E-state index < -0.39 is 86.8 Å². The summed E-state index contributed by atoms with van der Waals surface area (Å²) in [5.74, 6) is -0.251. The van der Waals surface area contributed by atoms with Crippen LogP contribution >= 0.6 is 0 Å². The number of hydrogen-bond donors (Lipinski definition) is 9. The van der Waals surface area contributed by atoms with Gasteiger partial charge in [0.25, 0.3) is 0 Å². The van der Waals surface area contributed by atoms with Crippen LogP contribution in [0.3, 0.4) is 0 Å². The Hall–Kier alpha value is -2.57. The Labute approximate surface area is 529 Å². The molecular formula is C73H131NO13. The van der Waals surface area contributed by atoms with Gasteiger partial charge in [0, 0.05) is 6.42 Å². The minimum absolute atomic E-state index is 0.251. The zero-order valence-electron chi connectivity index (χ0n) is 55.0. The summed E-state index contributed by atoms with van der Waals surface area (Å²) in [4.78, 5) is 13.3. The monoisotopic (exact) mass is 1230 g/mol. The molecule has 0 aromatic carbocycles. The van der Waals surface area contributed by atoms with Crippen LogP contribution in [0.2, 0.25) is 0 Å². The number of rotatable bonds is 58. The molecule has 0 bridgehead atoms. The highest BCUT2D eigenvalue weighted by Gasteiger charge is 2.51. The van der Waals surface area contributed by atoms with E-state index in [4.69, 9.17) is 18.9 Å². The minimum atomic E-state index is -1.79. The topological polar surface area (TPSA) is 228 Å². The number of hydrogen-bond acceptors (Lipinski definition) is 13. The lowest BCUT2D eigenvalue weighted by Crippen LogP contribution is -2.65. The maximum atomic E-state index is 13.3. The van der Waals surface area contributed by atoms with E-state index in [-0.39, 0.29) is 18.9 Å². The first-order valence-electron chi connectivity index (χ1n) is 35.7. The molecule has 0 aliphatic carbocycles. The number of ether oxygens (including phenoxy) is 4. The molecule has 14 heteroatoms. The highest BCUT2D eigenvalue weighted by Crippen LogP contribution is 2.30. The van der Waals surface area contributed by atoms with Crippen molar-refractivity contribution >= 4 is 5.91 Å². The third kappa shape index (κ3) is 41.5. The van der Waals surface area contributed by atoms with Gasteiger partial charge in [-0.05, 0) is 83.5 Å². The van der Waals surface area contributed by atoms with Gasteiger partial charge in [0.15, 0.2) is 12.6 Å². The van der Waals surface area contributed by atoms with Gasteiger partial charge in [-0.1, -0.05) is 273 Å². The average Bonchev–Trinajstić information content (AvgIpc) is 2.59. The smallest absolute Gasteiger partial charge is 0.220 e. The molecule has 87 heavy (non-hydrogen) atoms. The maximum absolute atomic E-state index is 13.3. The van der Waals surface area contributed by atoms with Crippen LogP contribution < -0.4 is 5.32 Å². The number of carbonyl (C=O) groups is 1. The Morgan fingerprint density at radius 2 is 0.770 bits per heavy atom. The molecule has 2 saturated heterocycles. The van der Waals surface area contributed by atoms with E-state index >= 15 is 0 Å². The summed E-state index contributed by atoms with van der Waals surface area (Å²) in [7, 11) is 0. The molecule has 12 unspecified atom stereocenters. The standard InChI is InChI=1S/C73H131NO13/c1-3-5-7-9-11-13-15-17-19-21-23-25-26-27-28-29-30-31-32-33-34-35-36-37-39-41-43-45-47-49-51-53-55-57-65(78)74-61(62(77)56-54-52-50-48-46-44-42-40-38-24-22-20-18-16-14-12-10-8-6-4-2)60-84-72-70(83)68(81)71(64(59-76)86-72)87-73-69(82)67(80)66(79)63(58-75)85-73/h15,17,21,23,26-27,38,40,46,48,54,56,61-64,66-73,75-77,79-83H,3-14,16,18-20,22,24-25,28-37,39,41-45,47,49-53,55,57-60H2,1-2H3,(H,74,78)/b17-15-,23-21-,27-26-,40-38+,48-46+,56-54+. The fourth-order valence-corrected chi connectivity index (χ4v) is 11.4. The predicted octanol–water partition coefficient (Wildman–Crippen LogP) is 14.6. The Balaban J connectivity index is 1.66. The Morgan fingerprint density at radius 1 is 0.414 bits per heavy atom. The van der Waals surface area contributed by atoms with Gasteiger partial charge in [0.2, 0.25) is 5.91 Å². The molecule has 506 valence electrons. The van der Waals surface area contributed by atoms with Crippen LogP contribution in [0.1, 0.15) is 290 Å². The Kier molecular flexibility index (Phi) is 53.1. The zero-order chi connectivity index (χ0) is 63.1. The number of aliphatic hydroxyl groups is 8. The normalized spacial score (nSPS) is 23.7. The van der Waals surface area contributed by atoms with E-state index in [1.165, 1.54) is 199 Å². The molecule has 12 atom stereocenters. The van der Waals surface area contributed by atoms with E-state index in [1.807, 2.05) is 6.08 Å². The summed E-state index contributed by atoms with van der Waals surface area (Å²) in [6, 6.07) is -0.941. The van der Waals surface area contributed by atoms with Crippen LogP contribution in [0.15, 0.2) is 72.9 Å². The van der Waals surface area contributed by atoms with Crippen LogP contribution in [-0.2, 0) is 23.7 Å². The average molecular weight is 1230 g/mol. The first kappa shape index (κ1) is 80.5. The van der Waals surface area contributed by atoms with Crippen molar-refractivity contribution in [1.29, 1.82) is 0 Å². The summed E-state index contributed by atoms with van der Waals surface area (Å²) < 4.78 is 22.8. The number of nitrogens with one attached hydrogen (secondary N) is 1. The Morgan fingerprint density at radius 3 is 1.21 bits per heavy atom. The molecule has 0 spiro atoms. The number of allylic oxidation sites excluding steroid dienone is 11. The molecule has 2 heterocycles. The Bertz CT molecular complexity index is 1740. The molecule has 0 aromatic rings. The summed E-state index contributed by atoms with van der Waals surface area (Å²) in [5.41, 5.74) is 0. The van der Waals surface area contributed by atoms with E-state index in [2.05, 4.69) is 79.9 Å². The summed E-state index contributed by atoms with van der Waals surface area (Å²) in [6.07, 6.45) is 61.0. The van der Waals surface area contributed by atoms with E-state index in [1.54, 1.807) is 6.08 Å². The molecule has 2 aliphatic rings. The maximum Gasteiger partial charge on any atom is 0.220 e. The number of unbranched alkanes of at least 4 members (excludes halogenated alkanes) is 35. The largest absolute Gasteiger partial charge is 0.394 e. The van der Waals surface area contributed by atoms with E-state index in [0.29, 0.717) is 12.8 Å². The molecule has 2 aliphatic heterocycles. The predicted molar refractivity (Wildman–Crippen MR) is 355 cm³/mol. The van der Waals surface area contributed by atoms with Crippen LogP contribution in [0.25, 0.3) is 0 Å². The molecule has 14 nitrogen and oxygen atoms in total. The second-order valence-corrected chi connectivity index (χ2v) is 25.0. The quantitative estimate of drug-likeness (QED) is 0.0204. The molecule has 9 N–H and O–H groups in total. The second kappa shape index (κ2) is 57.3. The minimum Gasteiger partial charge on any atom is -0.394 e. The number of carbonyl (C=O) groups excluding carboxylic acids is 1. The lowest BCUT2D eigenvalue weighted by atomic mass is 9.97. The van der Waals surface area contributed by atoms with Crippen LogP contribution in [0.4, 0.5) is 0 Å². The second-order valence-electron chi connectivity index (χ2n) is 25.0. The van der Waals surface area contributed by atoms with Crippen LogP contribution in [-0.4, -0.2) is 140 Å². The van der Waals surface area contributed by atoms with E-state index in [9.17, 15) is 45.6 Å². The molecule has 1 amide bonds. The third-order valence-corrected chi connectivity index (χ3v) is 17.1. The van der Waals surface area contributed by atoms with Gasteiger partial charge in [0.1, 0.15) is 48.8 Å². The van der Waals surface area contributed by atoms with Crippen LogP contribution in [0, 0.1) is 0 Å². The van der Waals surface area contributed by atoms with Crippen molar-refractivity contribution in [2.75, 3.05) is 19.8 Å². The summed E-state index contributed by atoms with van der Waals surface area (Å²) in [6.45, 7) is 2.79. The molecule has 0 aromatic heterocycles. The SMILES string of the molecule is CCCCCCC/C=C\C/C=C\C/C=C\CCCCCCCCCCCCCCCCCCCCC(=O)NC(COC1OC(CO)C(OC2OC(CO)C(O)C(O)C2O)C(O)C1O)C(O)/C=C/CC/C=C/CC/C=C/CCCCCCCCCCCC. The third-order valence-electron chi connectivity index (χ3n) is 17.1. The van der Waals surface area contributed by atoms with Crippen LogP contribution in [0.5, 0.6) is 0 Å². The van der Waals surface area contributed by atoms with Gasteiger partial charge in [-0.2, -0.15) is 0 Å². The van der Waals surface area contributed by atoms with Gasteiger partial charge >= 0.3 is 0 Å².